The maximum Gasteiger partial charge on any atom is 0.238 e. The highest BCUT2D eigenvalue weighted by Gasteiger charge is 2.62. The van der Waals surface area contributed by atoms with Crippen LogP contribution in [-0.2, 0) is 19.2 Å². The average Bonchev–Trinajstić information content (AvgIpc) is 3.44. The van der Waals surface area contributed by atoms with Crippen LogP contribution >= 0.6 is 23.2 Å². The molecule has 2 saturated heterocycles. The zero-order valence-electron chi connectivity index (χ0n) is 23.4. The van der Waals surface area contributed by atoms with Crippen LogP contribution in [0.3, 0.4) is 0 Å². The molecule has 4 aliphatic rings. The van der Waals surface area contributed by atoms with Crippen molar-refractivity contribution in [3.05, 3.63) is 100 Å². The maximum atomic E-state index is 14.2. The van der Waals surface area contributed by atoms with E-state index in [1.807, 2.05) is 18.2 Å². The number of anilines is 2. The van der Waals surface area contributed by atoms with Gasteiger partial charge in [0.2, 0.25) is 23.6 Å². The molecule has 3 aromatic rings. The average molecular weight is 632 g/mol. The van der Waals surface area contributed by atoms with Crippen LogP contribution < -0.4 is 14.5 Å². The van der Waals surface area contributed by atoms with Gasteiger partial charge in [-0.1, -0.05) is 47.0 Å². The highest BCUT2D eigenvalue weighted by atomic mass is 35.5. The van der Waals surface area contributed by atoms with Gasteiger partial charge in [0.1, 0.15) is 12.4 Å². The number of hydrogen-bond donors (Lipinski definition) is 1. The van der Waals surface area contributed by atoms with Crippen molar-refractivity contribution in [2.45, 2.75) is 18.8 Å². The number of aliphatic hydroxyl groups excluding tert-OH is 1. The summed E-state index contributed by atoms with van der Waals surface area (Å²) in [6.07, 6.45) is 2.66. The SMILES string of the molecule is O=C1[C@H]2[C@H](CC=C3[C@H]2C[C@H]2C(=O)N(c4ccc(Cl)cc4)C(=O)[C@H]2[C@H]3c2ccc(OCCO)cc2)C(=O)N1c1ccc(Cl)cc1. The number of aliphatic hydroxyl groups is 1. The molecule has 2 aliphatic carbocycles. The van der Waals surface area contributed by atoms with Crippen LogP contribution in [0.5, 0.6) is 5.75 Å². The van der Waals surface area contributed by atoms with Crippen molar-refractivity contribution in [1.82, 2.24) is 0 Å². The van der Waals surface area contributed by atoms with Crippen molar-refractivity contribution < 1.29 is 29.0 Å². The Kier molecular flexibility index (Phi) is 7.31. The zero-order valence-corrected chi connectivity index (χ0v) is 24.9. The highest BCUT2D eigenvalue weighted by Crippen LogP contribution is 2.58. The lowest BCUT2D eigenvalue weighted by Crippen LogP contribution is -2.43. The van der Waals surface area contributed by atoms with Crippen LogP contribution in [0.4, 0.5) is 11.4 Å². The molecule has 1 saturated carbocycles. The first-order valence-electron chi connectivity index (χ1n) is 14.6. The van der Waals surface area contributed by atoms with Crippen molar-refractivity contribution in [1.29, 1.82) is 0 Å². The van der Waals surface area contributed by atoms with Gasteiger partial charge >= 0.3 is 0 Å². The van der Waals surface area contributed by atoms with Gasteiger partial charge in [0, 0.05) is 16.0 Å². The van der Waals surface area contributed by atoms with Crippen LogP contribution in [0.15, 0.2) is 84.4 Å². The van der Waals surface area contributed by atoms with E-state index in [0.717, 1.165) is 11.1 Å². The molecule has 44 heavy (non-hydrogen) atoms. The number of fused-ring (bicyclic) bond motifs is 4. The summed E-state index contributed by atoms with van der Waals surface area (Å²) in [5.74, 6) is -4.06. The van der Waals surface area contributed by atoms with E-state index in [4.69, 9.17) is 33.0 Å². The predicted octanol–water partition coefficient (Wildman–Crippen LogP) is 5.41. The molecule has 6 atom stereocenters. The third-order valence-electron chi connectivity index (χ3n) is 9.42. The Balaban J connectivity index is 1.30. The van der Waals surface area contributed by atoms with Crippen LogP contribution in [0, 0.1) is 29.6 Å². The minimum atomic E-state index is -0.680. The van der Waals surface area contributed by atoms with Gasteiger partial charge in [-0.3, -0.25) is 29.0 Å². The lowest BCUT2D eigenvalue weighted by atomic mass is 9.57. The predicted molar refractivity (Wildman–Crippen MR) is 164 cm³/mol. The van der Waals surface area contributed by atoms with E-state index in [9.17, 15) is 19.2 Å². The molecule has 2 aliphatic heterocycles. The Morgan fingerprint density at radius 2 is 1.23 bits per heavy atom. The van der Waals surface area contributed by atoms with E-state index < -0.39 is 35.5 Å². The van der Waals surface area contributed by atoms with Gasteiger partial charge in [-0.25, -0.2) is 0 Å². The largest absolute Gasteiger partial charge is 0.491 e. The van der Waals surface area contributed by atoms with Crippen LogP contribution in [0.1, 0.15) is 24.3 Å². The maximum absolute atomic E-state index is 14.2. The van der Waals surface area contributed by atoms with E-state index in [1.165, 1.54) is 9.80 Å². The monoisotopic (exact) mass is 630 g/mol. The van der Waals surface area contributed by atoms with Gasteiger partial charge in [-0.2, -0.15) is 0 Å². The quantitative estimate of drug-likeness (QED) is 0.288. The fourth-order valence-electron chi connectivity index (χ4n) is 7.59. The molecule has 7 rings (SSSR count). The van der Waals surface area contributed by atoms with Crippen molar-refractivity contribution in [2.24, 2.45) is 29.6 Å². The molecule has 0 spiro atoms. The summed E-state index contributed by atoms with van der Waals surface area (Å²) >= 11 is 12.2. The van der Waals surface area contributed by atoms with E-state index in [-0.39, 0.29) is 43.3 Å². The van der Waals surface area contributed by atoms with Gasteiger partial charge in [0.15, 0.2) is 0 Å². The topological polar surface area (TPSA) is 104 Å². The minimum absolute atomic E-state index is 0.123. The first kappa shape index (κ1) is 28.8. The Morgan fingerprint density at radius 1 is 0.682 bits per heavy atom. The Bertz CT molecular complexity index is 1690. The summed E-state index contributed by atoms with van der Waals surface area (Å²) in [7, 11) is 0. The number of allylic oxidation sites excluding steroid dienone is 2. The van der Waals surface area contributed by atoms with Gasteiger partial charge < -0.3 is 9.84 Å². The normalized spacial score (nSPS) is 27.7. The third kappa shape index (κ3) is 4.55. The molecule has 1 N–H and O–H groups in total. The van der Waals surface area contributed by atoms with Crippen LogP contribution in [0.2, 0.25) is 10.0 Å². The van der Waals surface area contributed by atoms with Crippen LogP contribution in [0.25, 0.3) is 0 Å². The third-order valence-corrected chi connectivity index (χ3v) is 9.92. The standard InChI is InChI=1S/C34H28Cl2N2O6/c35-19-3-7-21(8-4-19)37-31(40)25-14-13-24-26(29(25)33(37)42)17-27-30(28(24)18-1-11-23(12-2-18)44-16-15-39)34(43)38(32(27)41)22-9-5-20(36)6-10-22/h1-13,25-30,39H,14-17H2/t25-,26+,27+,28-,29-,30+/m0/s1. The molecule has 0 unspecified atom stereocenters. The number of carbonyl (C=O) groups excluding carboxylic acids is 4. The molecule has 0 bridgehead atoms. The Labute approximate surface area is 263 Å². The highest BCUT2D eigenvalue weighted by molar-refractivity contribution is 6.31. The molecule has 2 heterocycles. The fourth-order valence-corrected chi connectivity index (χ4v) is 7.84. The fraction of sp³-hybridized carbons (Fsp3) is 0.294. The molecule has 8 nitrogen and oxygen atoms in total. The van der Waals surface area contributed by atoms with Gasteiger partial charge in [-0.15, -0.1) is 0 Å². The summed E-state index contributed by atoms with van der Waals surface area (Å²) in [5.41, 5.74) is 2.64. The summed E-state index contributed by atoms with van der Waals surface area (Å²) in [6.45, 7) is 0.0231. The lowest BCUT2D eigenvalue weighted by molar-refractivity contribution is -0.126. The number of benzene rings is 3. The van der Waals surface area contributed by atoms with Crippen molar-refractivity contribution in [3.8, 4) is 5.75 Å². The molecule has 0 aromatic heterocycles. The number of rotatable bonds is 6. The molecule has 10 heteroatoms. The molecule has 224 valence electrons. The number of carbonyl (C=O) groups is 4. The molecular formula is C34H28Cl2N2O6. The minimum Gasteiger partial charge on any atom is -0.491 e. The number of ether oxygens (including phenoxy) is 1. The van der Waals surface area contributed by atoms with E-state index in [0.29, 0.717) is 33.6 Å². The number of hydrogen-bond acceptors (Lipinski definition) is 6. The van der Waals surface area contributed by atoms with Crippen molar-refractivity contribution >= 4 is 58.2 Å². The zero-order chi connectivity index (χ0) is 30.7. The molecule has 4 amide bonds. The second-order valence-corrected chi connectivity index (χ2v) is 12.5. The van der Waals surface area contributed by atoms with Gasteiger partial charge in [0.25, 0.3) is 0 Å². The lowest BCUT2D eigenvalue weighted by Gasteiger charge is -2.44. The second kappa shape index (κ2) is 11.2. The summed E-state index contributed by atoms with van der Waals surface area (Å²) in [6, 6.07) is 20.5. The van der Waals surface area contributed by atoms with Crippen molar-refractivity contribution in [3.63, 3.8) is 0 Å². The Hall–Kier alpha value is -3.98. The van der Waals surface area contributed by atoms with Gasteiger partial charge in [-0.05, 0) is 85.0 Å². The Morgan fingerprint density at radius 3 is 1.80 bits per heavy atom. The molecule has 3 fully saturated rings. The van der Waals surface area contributed by atoms with E-state index in [1.54, 1.807) is 60.7 Å². The van der Waals surface area contributed by atoms with Crippen molar-refractivity contribution in [2.75, 3.05) is 23.0 Å². The van der Waals surface area contributed by atoms with Gasteiger partial charge in [0.05, 0.1) is 41.7 Å². The second-order valence-electron chi connectivity index (χ2n) is 11.6. The smallest absolute Gasteiger partial charge is 0.238 e. The molecule has 0 radical (unpaired) electrons. The molecule has 3 aromatic carbocycles. The molecular weight excluding hydrogens is 603 g/mol. The number of amides is 4. The van der Waals surface area contributed by atoms with E-state index >= 15 is 0 Å². The number of nitrogens with zero attached hydrogens (tertiary/aromatic N) is 2. The first-order chi connectivity index (χ1) is 21.3. The summed E-state index contributed by atoms with van der Waals surface area (Å²) in [4.78, 5) is 58.4. The first-order valence-corrected chi connectivity index (χ1v) is 15.3. The summed E-state index contributed by atoms with van der Waals surface area (Å²) < 4.78 is 5.56. The number of halogens is 2. The van der Waals surface area contributed by atoms with Crippen LogP contribution in [-0.4, -0.2) is 41.9 Å². The number of imide groups is 2. The van der Waals surface area contributed by atoms with E-state index in [2.05, 4.69) is 0 Å². The summed E-state index contributed by atoms with van der Waals surface area (Å²) in [5, 5.41) is 10.1.